The monoisotopic (exact) mass is 373 g/mol. The molecule has 3 atom stereocenters. The Morgan fingerprint density at radius 2 is 2.11 bits per heavy atom. The van der Waals surface area contributed by atoms with Gasteiger partial charge in [0.05, 0.1) is 13.2 Å². The summed E-state index contributed by atoms with van der Waals surface area (Å²) < 4.78 is 11.6. The number of methoxy groups -OCH3 is 1. The van der Waals surface area contributed by atoms with E-state index < -0.39 is 0 Å². The van der Waals surface area contributed by atoms with E-state index in [1.165, 1.54) is 50.9 Å². The number of nitrogens with zero attached hydrogens (tertiary/aromatic N) is 2. The molecule has 150 valence electrons. The molecule has 3 heterocycles. The first-order valence-corrected chi connectivity index (χ1v) is 10.7. The molecule has 27 heavy (non-hydrogen) atoms. The van der Waals surface area contributed by atoms with Crippen LogP contribution in [0.2, 0.25) is 0 Å². The first kappa shape index (κ1) is 19.2. The van der Waals surface area contributed by atoms with Crippen LogP contribution in [0.3, 0.4) is 0 Å². The highest BCUT2D eigenvalue weighted by atomic mass is 16.5. The van der Waals surface area contributed by atoms with Gasteiger partial charge in [-0.2, -0.15) is 0 Å². The zero-order chi connectivity index (χ0) is 18.5. The summed E-state index contributed by atoms with van der Waals surface area (Å²) >= 11 is 0. The van der Waals surface area contributed by atoms with Crippen LogP contribution in [0.1, 0.15) is 31.2 Å². The third-order valence-electron chi connectivity index (χ3n) is 6.50. The van der Waals surface area contributed by atoms with Crippen LogP contribution in [0.25, 0.3) is 0 Å². The molecule has 0 bridgehead atoms. The predicted octanol–water partition coefficient (Wildman–Crippen LogP) is 2.36. The van der Waals surface area contributed by atoms with E-state index in [9.17, 15) is 0 Å². The van der Waals surface area contributed by atoms with Gasteiger partial charge >= 0.3 is 0 Å². The van der Waals surface area contributed by atoms with Crippen LogP contribution in [0.5, 0.6) is 5.75 Å². The maximum absolute atomic E-state index is 6.22. The number of piperidine rings is 1. The van der Waals surface area contributed by atoms with Crippen LogP contribution >= 0.6 is 0 Å². The fourth-order valence-electron chi connectivity index (χ4n) is 4.98. The highest BCUT2D eigenvalue weighted by Crippen LogP contribution is 2.25. The van der Waals surface area contributed by atoms with Crippen molar-refractivity contribution in [2.75, 3.05) is 53.0 Å². The molecule has 0 amide bonds. The number of rotatable bonds is 7. The molecule has 0 saturated carbocycles. The van der Waals surface area contributed by atoms with Crippen molar-refractivity contribution in [2.24, 2.45) is 5.92 Å². The van der Waals surface area contributed by atoms with Crippen LogP contribution in [0.4, 0.5) is 0 Å². The Bertz CT molecular complexity index is 597. The van der Waals surface area contributed by atoms with E-state index in [1.54, 1.807) is 7.11 Å². The average Bonchev–Trinajstić information content (AvgIpc) is 3.13. The third kappa shape index (κ3) is 5.02. The van der Waals surface area contributed by atoms with E-state index in [-0.39, 0.29) is 0 Å². The van der Waals surface area contributed by atoms with E-state index >= 15 is 0 Å². The molecule has 3 fully saturated rings. The fourth-order valence-corrected chi connectivity index (χ4v) is 4.98. The molecule has 1 aromatic carbocycles. The van der Waals surface area contributed by atoms with Gasteiger partial charge in [0, 0.05) is 57.8 Å². The molecular weight excluding hydrogens is 338 g/mol. The van der Waals surface area contributed by atoms with E-state index in [4.69, 9.17) is 9.47 Å². The van der Waals surface area contributed by atoms with E-state index in [0.29, 0.717) is 12.0 Å². The molecule has 5 heteroatoms. The molecule has 4 rings (SSSR count). The Hall–Kier alpha value is -1.14. The summed E-state index contributed by atoms with van der Waals surface area (Å²) in [6, 6.07) is 10.0. The number of ether oxygens (including phenoxy) is 2. The summed E-state index contributed by atoms with van der Waals surface area (Å²) in [6.07, 6.45) is 5.11. The van der Waals surface area contributed by atoms with Crippen molar-refractivity contribution in [3.05, 3.63) is 29.8 Å². The van der Waals surface area contributed by atoms with Gasteiger partial charge < -0.3 is 14.8 Å². The largest absolute Gasteiger partial charge is 0.493 e. The topological polar surface area (TPSA) is 37.0 Å². The van der Waals surface area contributed by atoms with Gasteiger partial charge in [-0.05, 0) is 49.9 Å². The van der Waals surface area contributed by atoms with Gasteiger partial charge in [0.1, 0.15) is 5.75 Å². The molecule has 0 radical (unpaired) electrons. The Balaban J connectivity index is 1.28. The number of hydrogen-bond donors (Lipinski definition) is 1. The van der Waals surface area contributed by atoms with E-state index in [0.717, 1.165) is 44.6 Å². The third-order valence-corrected chi connectivity index (χ3v) is 6.50. The molecule has 0 spiro atoms. The molecular formula is C22H35N3O2. The first-order chi connectivity index (χ1) is 13.3. The molecule has 3 aliphatic rings. The zero-order valence-corrected chi connectivity index (χ0v) is 16.7. The summed E-state index contributed by atoms with van der Waals surface area (Å²) in [5.74, 6) is 1.69. The highest BCUT2D eigenvalue weighted by molar-refractivity contribution is 5.28. The van der Waals surface area contributed by atoms with Crippen LogP contribution in [-0.2, 0) is 11.3 Å². The summed E-state index contributed by atoms with van der Waals surface area (Å²) in [5, 5.41) is 3.52. The van der Waals surface area contributed by atoms with Gasteiger partial charge in [0.2, 0.25) is 0 Å². The van der Waals surface area contributed by atoms with Gasteiger partial charge in [-0.3, -0.25) is 9.80 Å². The van der Waals surface area contributed by atoms with Crippen LogP contribution < -0.4 is 10.1 Å². The second kappa shape index (κ2) is 9.37. The quantitative estimate of drug-likeness (QED) is 0.794. The lowest BCUT2D eigenvalue weighted by Crippen LogP contribution is -2.55. The van der Waals surface area contributed by atoms with E-state index in [1.807, 2.05) is 0 Å². The Labute approximate surface area is 164 Å². The minimum Gasteiger partial charge on any atom is -0.493 e. The van der Waals surface area contributed by atoms with Gasteiger partial charge in [0.15, 0.2) is 0 Å². The smallest absolute Gasteiger partial charge is 0.119 e. The lowest BCUT2D eigenvalue weighted by Gasteiger charge is -2.42. The Morgan fingerprint density at radius 3 is 3.04 bits per heavy atom. The molecule has 0 aromatic heterocycles. The average molecular weight is 374 g/mol. The molecule has 3 saturated heterocycles. The second-order valence-electron chi connectivity index (χ2n) is 8.48. The Morgan fingerprint density at radius 1 is 1.15 bits per heavy atom. The Kier molecular flexibility index (Phi) is 6.66. The fraction of sp³-hybridized carbons (Fsp3) is 0.727. The van der Waals surface area contributed by atoms with Gasteiger partial charge in [-0.1, -0.05) is 12.1 Å². The van der Waals surface area contributed by atoms with Crippen LogP contribution in [-0.4, -0.2) is 74.9 Å². The molecule has 0 aliphatic carbocycles. The van der Waals surface area contributed by atoms with Crippen molar-refractivity contribution in [3.63, 3.8) is 0 Å². The van der Waals surface area contributed by atoms with Crippen LogP contribution in [0.15, 0.2) is 24.3 Å². The van der Waals surface area contributed by atoms with Gasteiger partial charge in [-0.15, -0.1) is 0 Å². The van der Waals surface area contributed by atoms with Crippen molar-refractivity contribution in [3.8, 4) is 5.75 Å². The van der Waals surface area contributed by atoms with Crippen molar-refractivity contribution >= 4 is 0 Å². The summed E-state index contributed by atoms with van der Waals surface area (Å²) in [7, 11) is 1.80. The lowest BCUT2D eigenvalue weighted by molar-refractivity contribution is 0.0649. The van der Waals surface area contributed by atoms with Crippen LogP contribution in [0, 0.1) is 5.92 Å². The van der Waals surface area contributed by atoms with Crippen molar-refractivity contribution in [1.29, 1.82) is 0 Å². The minimum absolute atomic E-state index is 0.564. The predicted molar refractivity (Wildman–Crippen MR) is 108 cm³/mol. The van der Waals surface area contributed by atoms with Crippen molar-refractivity contribution < 1.29 is 9.47 Å². The molecule has 1 aromatic rings. The number of piperazine rings is 1. The molecule has 1 N–H and O–H groups in total. The molecule has 1 unspecified atom stereocenters. The highest BCUT2D eigenvalue weighted by Gasteiger charge is 2.30. The standard InChI is InChI=1S/C22H35N3O2/c1-26-17-21-5-3-10-24(21)14-18-4-2-6-22(12-18)27-16-19-7-8-20-13-23-9-11-25(20)15-19/h2,4,6,12,19-21,23H,3,5,7-11,13-17H2,1H3/t19-,20-,21?/m1/s1. The maximum Gasteiger partial charge on any atom is 0.119 e. The summed E-state index contributed by atoms with van der Waals surface area (Å²) in [4.78, 5) is 5.21. The number of hydrogen-bond acceptors (Lipinski definition) is 5. The SMILES string of the molecule is COCC1CCCN1Cc1cccc(OC[C@@H]2CC[C@@H]3CNCCN3C2)c1. The maximum atomic E-state index is 6.22. The molecule has 3 aliphatic heterocycles. The molecule has 5 nitrogen and oxygen atoms in total. The zero-order valence-electron chi connectivity index (χ0n) is 16.7. The number of likely N-dealkylation sites (tertiary alicyclic amines) is 1. The van der Waals surface area contributed by atoms with E-state index in [2.05, 4.69) is 39.4 Å². The minimum atomic E-state index is 0.564. The summed E-state index contributed by atoms with van der Waals surface area (Å²) in [6.45, 7) is 8.53. The normalized spacial score (nSPS) is 29.6. The second-order valence-corrected chi connectivity index (χ2v) is 8.48. The van der Waals surface area contributed by atoms with Crippen molar-refractivity contribution in [1.82, 2.24) is 15.1 Å². The van der Waals surface area contributed by atoms with Gasteiger partial charge in [-0.25, -0.2) is 0 Å². The van der Waals surface area contributed by atoms with Crippen molar-refractivity contribution in [2.45, 2.75) is 44.3 Å². The van der Waals surface area contributed by atoms with Gasteiger partial charge in [0.25, 0.3) is 0 Å². The summed E-state index contributed by atoms with van der Waals surface area (Å²) in [5.41, 5.74) is 1.35. The number of fused-ring (bicyclic) bond motifs is 1. The number of benzene rings is 1. The number of nitrogens with one attached hydrogen (secondary N) is 1. The lowest BCUT2D eigenvalue weighted by atomic mass is 9.92. The first-order valence-electron chi connectivity index (χ1n) is 10.7.